The van der Waals surface area contributed by atoms with Crippen molar-refractivity contribution in [2.24, 2.45) is 7.05 Å². The number of nitrogens with zero attached hydrogens (tertiary/aromatic N) is 5. The Morgan fingerprint density at radius 3 is 2.65 bits per heavy atom. The third-order valence-corrected chi connectivity index (χ3v) is 6.39. The molecule has 7 nitrogen and oxygen atoms in total. The molecule has 3 aromatic rings. The molecular formula is C22H24F2N6O. The van der Waals surface area contributed by atoms with E-state index in [-0.39, 0.29) is 24.3 Å². The van der Waals surface area contributed by atoms with Gasteiger partial charge in [-0.1, -0.05) is 6.07 Å². The standard InChI is InChI=1S/C22H24F2N6O/c1-29-12-14(9-27-29)13-3-4-17(19(31)5-13)18-10-26-21(11-25-18)30(2)16-6-15-8-22(23,24)20(7-16)28-15/h3-5,9-12,15-16,20,28,31H,6-8H2,1-2H3/t15-,16+,20+/m0/s1. The highest BCUT2D eigenvalue weighted by Gasteiger charge is 2.53. The first-order chi connectivity index (χ1) is 14.8. The fraction of sp³-hybridized carbons (Fsp3) is 0.409. The average Bonchev–Trinajstić information content (AvgIpc) is 3.27. The molecule has 2 saturated heterocycles. The van der Waals surface area contributed by atoms with Gasteiger partial charge in [0, 0.05) is 49.9 Å². The molecule has 0 radical (unpaired) electrons. The number of halogens is 2. The predicted molar refractivity (Wildman–Crippen MR) is 113 cm³/mol. The van der Waals surface area contributed by atoms with Crippen LogP contribution in [-0.4, -0.2) is 56.0 Å². The maximum atomic E-state index is 14.0. The number of hydrogen-bond donors (Lipinski definition) is 2. The summed E-state index contributed by atoms with van der Waals surface area (Å²) in [7, 11) is 3.71. The molecule has 0 amide bonds. The highest BCUT2D eigenvalue weighted by atomic mass is 19.3. The third kappa shape index (κ3) is 3.63. The van der Waals surface area contributed by atoms with Gasteiger partial charge in [0.1, 0.15) is 11.6 Å². The van der Waals surface area contributed by atoms with Crippen LogP contribution in [0.5, 0.6) is 5.75 Å². The quantitative estimate of drug-likeness (QED) is 0.667. The zero-order valence-corrected chi connectivity index (χ0v) is 17.3. The summed E-state index contributed by atoms with van der Waals surface area (Å²) in [6.07, 6.45) is 7.79. The predicted octanol–water partition coefficient (Wildman–Crippen LogP) is 3.21. The number of phenols is 1. The maximum absolute atomic E-state index is 14.0. The van der Waals surface area contributed by atoms with Crippen molar-refractivity contribution >= 4 is 5.82 Å². The Labute approximate surface area is 178 Å². The van der Waals surface area contributed by atoms with Crippen molar-refractivity contribution < 1.29 is 13.9 Å². The summed E-state index contributed by atoms with van der Waals surface area (Å²) in [5, 5.41) is 17.7. The molecule has 2 aliphatic rings. The highest BCUT2D eigenvalue weighted by molar-refractivity contribution is 5.73. The van der Waals surface area contributed by atoms with E-state index in [1.54, 1.807) is 35.4 Å². The van der Waals surface area contributed by atoms with Crippen LogP contribution in [0.1, 0.15) is 19.3 Å². The number of aryl methyl sites for hydroxylation is 1. The normalized spacial score (nSPS) is 24.3. The summed E-state index contributed by atoms with van der Waals surface area (Å²) in [6, 6.07) is 4.43. The van der Waals surface area contributed by atoms with Gasteiger partial charge >= 0.3 is 0 Å². The molecule has 0 spiro atoms. The topological polar surface area (TPSA) is 79.1 Å². The molecule has 3 atom stereocenters. The molecule has 162 valence electrons. The second-order valence-electron chi connectivity index (χ2n) is 8.51. The van der Waals surface area contributed by atoms with Crippen molar-refractivity contribution in [1.29, 1.82) is 0 Å². The molecule has 2 fully saturated rings. The Kier molecular flexibility index (Phi) is 4.65. The minimum atomic E-state index is -2.64. The number of aromatic nitrogens is 4. The second-order valence-corrected chi connectivity index (χ2v) is 8.51. The van der Waals surface area contributed by atoms with Crippen molar-refractivity contribution in [2.45, 2.75) is 43.3 Å². The van der Waals surface area contributed by atoms with E-state index in [9.17, 15) is 13.9 Å². The monoisotopic (exact) mass is 426 g/mol. The highest BCUT2D eigenvalue weighted by Crippen LogP contribution is 2.41. The van der Waals surface area contributed by atoms with Gasteiger partial charge in [-0.15, -0.1) is 0 Å². The number of benzene rings is 1. The van der Waals surface area contributed by atoms with Crippen LogP contribution in [0.4, 0.5) is 14.6 Å². The first-order valence-electron chi connectivity index (χ1n) is 10.3. The Hall–Kier alpha value is -3.07. The lowest BCUT2D eigenvalue weighted by atomic mass is 9.98. The van der Waals surface area contributed by atoms with E-state index in [0.29, 0.717) is 29.9 Å². The molecule has 2 aliphatic heterocycles. The van der Waals surface area contributed by atoms with Gasteiger partial charge in [-0.3, -0.25) is 9.67 Å². The lowest BCUT2D eigenvalue weighted by Crippen LogP contribution is -2.49. The largest absolute Gasteiger partial charge is 0.507 e. The number of aromatic hydroxyl groups is 1. The lowest BCUT2D eigenvalue weighted by molar-refractivity contribution is -0.0128. The summed E-state index contributed by atoms with van der Waals surface area (Å²) in [4.78, 5) is 10.9. The minimum Gasteiger partial charge on any atom is -0.507 e. The molecule has 2 bridgehead atoms. The fourth-order valence-corrected chi connectivity index (χ4v) is 4.67. The van der Waals surface area contributed by atoms with Gasteiger partial charge in [-0.25, -0.2) is 13.8 Å². The smallest absolute Gasteiger partial charge is 0.264 e. The Morgan fingerprint density at radius 1 is 1.16 bits per heavy atom. The number of hydrogen-bond acceptors (Lipinski definition) is 6. The summed E-state index contributed by atoms with van der Waals surface area (Å²) in [5.41, 5.74) is 2.89. The van der Waals surface area contributed by atoms with Crippen LogP contribution in [0.25, 0.3) is 22.4 Å². The molecule has 1 aromatic carbocycles. The number of anilines is 1. The maximum Gasteiger partial charge on any atom is 0.264 e. The minimum absolute atomic E-state index is 0.0167. The second kappa shape index (κ2) is 7.26. The van der Waals surface area contributed by atoms with Crippen LogP contribution in [0, 0.1) is 0 Å². The van der Waals surface area contributed by atoms with Gasteiger partial charge < -0.3 is 15.3 Å². The molecule has 0 saturated carbocycles. The van der Waals surface area contributed by atoms with Crippen molar-refractivity contribution in [3.8, 4) is 28.1 Å². The number of alkyl halides is 2. The summed E-state index contributed by atoms with van der Waals surface area (Å²) in [6.45, 7) is 0. The van der Waals surface area contributed by atoms with Crippen molar-refractivity contribution in [1.82, 2.24) is 25.1 Å². The van der Waals surface area contributed by atoms with E-state index in [1.807, 2.05) is 31.3 Å². The van der Waals surface area contributed by atoms with Gasteiger partial charge in [0.05, 0.1) is 30.3 Å². The van der Waals surface area contributed by atoms with Gasteiger partial charge in [0.15, 0.2) is 0 Å². The van der Waals surface area contributed by atoms with E-state index >= 15 is 0 Å². The number of phenolic OH excluding ortho intramolecular Hbond substituents is 1. The summed E-state index contributed by atoms with van der Waals surface area (Å²) < 4.78 is 29.7. The van der Waals surface area contributed by atoms with E-state index in [4.69, 9.17) is 0 Å². The number of piperidine rings is 1. The molecule has 4 heterocycles. The average molecular weight is 426 g/mol. The van der Waals surface area contributed by atoms with Crippen LogP contribution < -0.4 is 10.2 Å². The third-order valence-electron chi connectivity index (χ3n) is 6.39. The molecule has 0 aliphatic carbocycles. The Morgan fingerprint density at radius 2 is 2.00 bits per heavy atom. The van der Waals surface area contributed by atoms with Gasteiger partial charge in [0.2, 0.25) is 0 Å². The summed E-state index contributed by atoms with van der Waals surface area (Å²) >= 11 is 0. The van der Waals surface area contributed by atoms with Gasteiger partial charge in [0.25, 0.3) is 5.92 Å². The van der Waals surface area contributed by atoms with Crippen LogP contribution >= 0.6 is 0 Å². The van der Waals surface area contributed by atoms with Crippen LogP contribution in [0.15, 0.2) is 43.0 Å². The SMILES string of the molecule is CN(c1cnc(-c2ccc(-c3cnn(C)c3)cc2O)cn1)[C@@H]1C[C@H]2CC(F)(F)[C@@H](C1)N2. The molecular weight excluding hydrogens is 402 g/mol. The van der Waals surface area contributed by atoms with E-state index in [2.05, 4.69) is 20.4 Å². The first kappa shape index (κ1) is 19.9. The first-order valence-corrected chi connectivity index (χ1v) is 10.3. The Balaban J connectivity index is 1.33. The van der Waals surface area contributed by atoms with Crippen molar-refractivity contribution in [2.75, 3.05) is 11.9 Å². The van der Waals surface area contributed by atoms with E-state index in [0.717, 1.165) is 11.1 Å². The summed E-state index contributed by atoms with van der Waals surface area (Å²) in [5.74, 6) is -1.91. The van der Waals surface area contributed by atoms with E-state index < -0.39 is 12.0 Å². The van der Waals surface area contributed by atoms with Gasteiger partial charge in [-0.05, 0) is 30.5 Å². The van der Waals surface area contributed by atoms with Crippen molar-refractivity contribution in [3.63, 3.8) is 0 Å². The number of fused-ring (bicyclic) bond motifs is 2. The zero-order chi connectivity index (χ0) is 21.8. The molecule has 0 unspecified atom stereocenters. The fourth-order valence-electron chi connectivity index (χ4n) is 4.67. The molecule has 2 N–H and O–H groups in total. The lowest BCUT2D eigenvalue weighted by Gasteiger charge is -2.36. The van der Waals surface area contributed by atoms with Crippen LogP contribution in [0.2, 0.25) is 0 Å². The van der Waals surface area contributed by atoms with E-state index in [1.165, 1.54) is 0 Å². The Bertz CT molecular complexity index is 1100. The molecule has 5 rings (SSSR count). The van der Waals surface area contributed by atoms with Gasteiger partial charge in [-0.2, -0.15) is 5.10 Å². The van der Waals surface area contributed by atoms with Crippen LogP contribution in [0.3, 0.4) is 0 Å². The van der Waals surface area contributed by atoms with Crippen LogP contribution in [-0.2, 0) is 7.05 Å². The zero-order valence-electron chi connectivity index (χ0n) is 17.3. The molecule has 9 heteroatoms. The number of nitrogens with one attached hydrogen (secondary N) is 1. The molecule has 2 aromatic heterocycles. The number of rotatable bonds is 4. The molecule has 31 heavy (non-hydrogen) atoms. The van der Waals surface area contributed by atoms with Crippen molar-refractivity contribution in [3.05, 3.63) is 43.0 Å².